The first-order valence-corrected chi connectivity index (χ1v) is 5.02. The Morgan fingerprint density at radius 2 is 1.62 bits per heavy atom. The molecule has 0 aliphatic rings. The van der Waals surface area contributed by atoms with E-state index in [0.29, 0.717) is 0 Å². The van der Waals surface area contributed by atoms with Crippen LogP contribution in [0.4, 0.5) is 0 Å². The average molecular weight is 280 g/mol. The molecular weight excluding hydrogens is 273 g/mol. The average Bonchev–Trinajstić information content (AvgIpc) is 2.30. The first kappa shape index (κ1) is 11.4. The predicted molar refractivity (Wildman–Crippen MR) is 62.1 cm³/mol. The van der Waals surface area contributed by atoms with Crippen molar-refractivity contribution in [3.8, 4) is 0 Å². The van der Waals surface area contributed by atoms with Gasteiger partial charge in [-0.1, -0.05) is 17.7 Å². The molecule has 0 saturated heterocycles. The third-order valence-electron chi connectivity index (χ3n) is 2.41. The minimum Gasteiger partial charge on any atom is -0.254 e. The van der Waals surface area contributed by atoms with Gasteiger partial charge in [-0.05, 0) is 24.3 Å². The molecule has 0 atom stereocenters. The summed E-state index contributed by atoms with van der Waals surface area (Å²) in [5, 5.41) is 2.69. The molecule has 3 rings (SSSR count). The van der Waals surface area contributed by atoms with Crippen LogP contribution in [-0.4, -0.2) is 9.97 Å². The Balaban J connectivity index is 0.000000963. The summed E-state index contributed by atoms with van der Waals surface area (Å²) < 4.78 is 0. The van der Waals surface area contributed by atoms with Crippen molar-refractivity contribution in [3.63, 3.8) is 0 Å². The molecule has 0 radical (unpaired) electrons. The summed E-state index contributed by atoms with van der Waals surface area (Å²) in [7, 11) is 0. The van der Waals surface area contributed by atoms with Crippen molar-refractivity contribution in [2.45, 2.75) is 0 Å². The third kappa shape index (κ3) is 1.70. The molecule has 2 heterocycles. The van der Waals surface area contributed by atoms with Crippen LogP contribution in [0.25, 0.3) is 21.8 Å². The zero-order valence-electron chi connectivity index (χ0n) is 8.52. The molecule has 16 heavy (non-hydrogen) atoms. The molecule has 0 aliphatic carbocycles. The molecule has 0 N–H and O–H groups in total. The fourth-order valence-electron chi connectivity index (χ4n) is 1.73. The van der Waals surface area contributed by atoms with Crippen LogP contribution in [0.1, 0.15) is 0 Å². The number of hydrogen-bond donors (Lipinski definition) is 0. The SMILES string of the molecule is Clc1cc2cccnc2c2ncccc12.[Zn]. The van der Waals surface area contributed by atoms with Crippen molar-refractivity contribution in [1.82, 2.24) is 9.97 Å². The van der Waals surface area contributed by atoms with Crippen LogP contribution >= 0.6 is 11.6 Å². The fraction of sp³-hybridized carbons (Fsp3) is 0. The Labute approximate surface area is 110 Å². The van der Waals surface area contributed by atoms with Crippen molar-refractivity contribution in [3.05, 3.63) is 47.7 Å². The largest absolute Gasteiger partial charge is 0.254 e. The van der Waals surface area contributed by atoms with E-state index in [9.17, 15) is 0 Å². The van der Waals surface area contributed by atoms with Gasteiger partial charge in [0.1, 0.15) is 0 Å². The summed E-state index contributed by atoms with van der Waals surface area (Å²) in [6, 6.07) is 9.64. The molecule has 0 unspecified atom stereocenters. The first-order valence-electron chi connectivity index (χ1n) is 4.64. The van der Waals surface area contributed by atoms with Gasteiger partial charge < -0.3 is 0 Å². The van der Waals surface area contributed by atoms with Crippen molar-refractivity contribution >= 4 is 33.4 Å². The summed E-state index contributed by atoms with van der Waals surface area (Å²) in [5.41, 5.74) is 1.76. The molecule has 0 saturated carbocycles. The topological polar surface area (TPSA) is 25.8 Å². The fourth-order valence-corrected chi connectivity index (χ4v) is 2.00. The Kier molecular flexibility index (Phi) is 3.18. The smallest absolute Gasteiger partial charge is 0.0979 e. The van der Waals surface area contributed by atoms with E-state index in [1.807, 2.05) is 30.3 Å². The molecule has 0 bridgehead atoms. The number of aromatic nitrogens is 2. The van der Waals surface area contributed by atoms with Gasteiger partial charge in [0.05, 0.1) is 16.1 Å². The molecule has 0 fully saturated rings. The third-order valence-corrected chi connectivity index (χ3v) is 2.72. The maximum Gasteiger partial charge on any atom is 0.0979 e. The van der Waals surface area contributed by atoms with Crippen molar-refractivity contribution in [1.29, 1.82) is 0 Å². The van der Waals surface area contributed by atoms with Crippen molar-refractivity contribution in [2.24, 2.45) is 0 Å². The number of fused-ring (bicyclic) bond motifs is 3. The van der Waals surface area contributed by atoms with Crippen LogP contribution in [0.15, 0.2) is 42.7 Å². The Hall–Kier alpha value is -1.05. The summed E-state index contributed by atoms with van der Waals surface area (Å²) in [5.74, 6) is 0. The van der Waals surface area contributed by atoms with E-state index in [4.69, 9.17) is 11.6 Å². The minimum atomic E-state index is 0. The maximum absolute atomic E-state index is 6.17. The molecular formula is C12H7ClN2Zn. The minimum absolute atomic E-state index is 0. The van der Waals surface area contributed by atoms with Crippen LogP contribution in [-0.2, 0) is 19.5 Å². The number of benzene rings is 1. The number of nitrogens with zero attached hydrogens (tertiary/aromatic N) is 2. The van der Waals surface area contributed by atoms with E-state index in [0.717, 1.165) is 26.8 Å². The molecule has 1 aromatic carbocycles. The second kappa shape index (κ2) is 4.44. The molecule has 4 heteroatoms. The summed E-state index contributed by atoms with van der Waals surface area (Å²) >= 11 is 6.17. The molecule has 2 nitrogen and oxygen atoms in total. The number of hydrogen-bond acceptors (Lipinski definition) is 2. The first-order chi connectivity index (χ1) is 7.36. The van der Waals surface area contributed by atoms with Gasteiger partial charge in [0, 0.05) is 42.6 Å². The number of rotatable bonds is 0. The van der Waals surface area contributed by atoms with Gasteiger partial charge in [0.15, 0.2) is 0 Å². The van der Waals surface area contributed by atoms with Crippen LogP contribution in [0, 0.1) is 0 Å². The van der Waals surface area contributed by atoms with E-state index >= 15 is 0 Å². The Bertz CT molecular complexity index is 655. The van der Waals surface area contributed by atoms with Crippen LogP contribution in [0.5, 0.6) is 0 Å². The number of halogens is 1. The van der Waals surface area contributed by atoms with Crippen LogP contribution < -0.4 is 0 Å². The zero-order valence-corrected chi connectivity index (χ0v) is 12.2. The van der Waals surface area contributed by atoms with Gasteiger partial charge in [-0.25, -0.2) is 0 Å². The van der Waals surface area contributed by atoms with Gasteiger partial charge in [0.2, 0.25) is 0 Å². The summed E-state index contributed by atoms with van der Waals surface area (Å²) in [4.78, 5) is 8.65. The maximum atomic E-state index is 6.17. The molecule has 0 spiro atoms. The summed E-state index contributed by atoms with van der Waals surface area (Å²) in [6.45, 7) is 0. The van der Waals surface area contributed by atoms with Crippen LogP contribution in [0.2, 0.25) is 5.02 Å². The summed E-state index contributed by atoms with van der Waals surface area (Å²) in [6.07, 6.45) is 3.52. The second-order valence-corrected chi connectivity index (χ2v) is 3.74. The predicted octanol–water partition coefficient (Wildman–Crippen LogP) is 3.43. The van der Waals surface area contributed by atoms with Gasteiger partial charge >= 0.3 is 0 Å². The molecule has 74 valence electrons. The quantitative estimate of drug-likeness (QED) is 0.465. The zero-order chi connectivity index (χ0) is 10.3. The van der Waals surface area contributed by atoms with Crippen molar-refractivity contribution < 1.29 is 19.5 Å². The molecule has 3 aromatic rings. The molecule has 0 amide bonds. The van der Waals surface area contributed by atoms with E-state index < -0.39 is 0 Å². The second-order valence-electron chi connectivity index (χ2n) is 3.33. The van der Waals surface area contributed by atoms with E-state index in [1.165, 1.54) is 0 Å². The van der Waals surface area contributed by atoms with Crippen molar-refractivity contribution in [2.75, 3.05) is 0 Å². The normalized spacial score (nSPS) is 10.3. The van der Waals surface area contributed by atoms with Gasteiger partial charge in [-0.3, -0.25) is 9.97 Å². The van der Waals surface area contributed by atoms with Gasteiger partial charge in [-0.15, -0.1) is 0 Å². The Morgan fingerprint density at radius 3 is 2.44 bits per heavy atom. The van der Waals surface area contributed by atoms with Gasteiger partial charge in [-0.2, -0.15) is 0 Å². The van der Waals surface area contributed by atoms with E-state index in [1.54, 1.807) is 12.4 Å². The number of pyridine rings is 2. The van der Waals surface area contributed by atoms with Crippen LogP contribution in [0.3, 0.4) is 0 Å². The van der Waals surface area contributed by atoms with E-state index in [-0.39, 0.29) is 19.5 Å². The monoisotopic (exact) mass is 278 g/mol. The van der Waals surface area contributed by atoms with E-state index in [2.05, 4.69) is 9.97 Å². The standard InChI is InChI=1S/C12H7ClN2.Zn/c13-10-7-8-3-1-5-14-11(8)12-9(10)4-2-6-15-12;/h1-7H;. The molecule has 0 aliphatic heterocycles. The van der Waals surface area contributed by atoms with Gasteiger partial charge in [0.25, 0.3) is 0 Å². The molecule has 2 aromatic heterocycles. The Morgan fingerprint density at radius 1 is 0.938 bits per heavy atom.